The van der Waals surface area contributed by atoms with Crippen molar-refractivity contribution in [3.63, 3.8) is 0 Å². The van der Waals surface area contributed by atoms with Crippen LogP contribution in [0.15, 0.2) is 36.5 Å². The third kappa shape index (κ3) is 2.47. The Labute approximate surface area is 120 Å². The van der Waals surface area contributed by atoms with Crippen LogP contribution in [0.25, 0.3) is 10.9 Å². The summed E-state index contributed by atoms with van der Waals surface area (Å²) >= 11 is 0. The van der Waals surface area contributed by atoms with Crippen molar-refractivity contribution in [2.45, 2.75) is 39.0 Å². The normalized spacial score (nSPS) is 22.9. The van der Waals surface area contributed by atoms with Crippen LogP contribution in [0.5, 0.6) is 0 Å². The number of pyridine rings is 1. The van der Waals surface area contributed by atoms with Crippen molar-refractivity contribution in [3.8, 4) is 0 Å². The lowest BCUT2D eigenvalue weighted by Crippen LogP contribution is -2.22. The monoisotopic (exact) mass is 267 g/mol. The number of aromatic nitrogens is 1. The van der Waals surface area contributed by atoms with Gasteiger partial charge < -0.3 is 0 Å². The van der Waals surface area contributed by atoms with E-state index in [1.165, 1.54) is 19.3 Å². The van der Waals surface area contributed by atoms with Crippen molar-refractivity contribution in [3.05, 3.63) is 42.1 Å². The van der Waals surface area contributed by atoms with Crippen molar-refractivity contribution in [1.82, 2.24) is 4.98 Å². The third-order valence-electron chi connectivity index (χ3n) is 4.71. The first-order valence-corrected chi connectivity index (χ1v) is 7.67. The molecule has 0 N–H and O–H groups in total. The summed E-state index contributed by atoms with van der Waals surface area (Å²) in [7, 11) is 0. The molecule has 0 saturated heterocycles. The summed E-state index contributed by atoms with van der Waals surface area (Å²) in [5, 5.41) is 0.998. The van der Waals surface area contributed by atoms with Gasteiger partial charge in [-0.1, -0.05) is 31.5 Å². The summed E-state index contributed by atoms with van der Waals surface area (Å²) in [5.41, 5.74) is 1.77. The van der Waals surface area contributed by atoms with Gasteiger partial charge in [0.15, 0.2) is 5.78 Å². The van der Waals surface area contributed by atoms with E-state index in [-0.39, 0.29) is 5.92 Å². The Bertz CT molecular complexity index is 606. The number of Topliss-reactive ketones (excluding diaryl/α,β-unsaturated/α-hetero) is 1. The van der Waals surface area contributed by atoms with Crippen LogP contribution in [0.4, 0.5) is 0 Å². The van der Waals surface area contributed by atoms with Crippen LogP contribution in [0.2, 0.25) is 0 Å². The maximum atomic E-state index is 12.8. The molecule has 0 radical (unpaired) electrons. The van der Waals surface area contributed by atoms with E-state index < -0.39 is 0 Å². The molecular weight excluding hydrogens is 246 g/mol. The second kappa shape index (κ2) is 5.74. The second-order valence-electron chi connectivity index (χ2n) is 5.87. The van der Waals surface area contributed by atoms with Crippen LogP contribution < -0.4 is 0 Å². The summed E-state index contributed by atoms with van der Waals surface area (Å²) in [4.78, 5) is 17.1. The Kier molecular flexibility index (Phi) is 3.81. The molecule has 0 spiro atoms. The van der Waals surface area contributed by atoms with Gasteiger partial charge in [0, 0.05) is 23.1 Å². The van der Waals surface area contributed by atoms with E-state index in [2.05, 4.69) is 11.9 Å². The predicted molar refractivity (Wildman–Crippen MR) is 81.8 cm³/mol. The molecule has 2 heteroatoms. The summed E-state index contributed by atoms with van der Waals surface area (Å²) in [5.74, 6) is 1.36. The third-order valence-corrected chi connectivity index (χ3v) is 4.71. The van der Waals surface area contributed by atoms with Crippen molar-refractivity contribution in [2.75, 3.05) is 0 Å². The standard InChI is InChI=1S/C18H21NO/c1-2-13-7-9-14(10-8-13)18(20)16-11-12-19-17-6-4-3-5-15(16)17/h3-6,11-14H,2,7-10H2,1H3. The highest BCUT2D eigenvalue weighted by Gasteiger charge is 2.27. The van der Waals surface area contributed by atoms with Crippen LogP contribution >= 0.6 is 0 Å². The number of carbonyl (C=O) groups is 1. The van der Waals surface area contributed by atoms with Gasteiger partial charge in [-0.2, -0.15) is 0 Å². The Morgan fingerprint density at radius 3 is 2.65 bits per heavy atom. The van der Waals surface area contributed by atoms with Gasteiger partial charge in [-0.3, -0.25) is 9.78 Å². The maximum absolute atomic E-state index is 12.8. The molecule has 20 heavy (non-hydrogen) atoms. The number of rotatable bonds is 3. The average molecular weight is 267 g/mol. The molecule has 2 nitrogen and oxygen atoms in total. The molecule has 1 aromatic carbocycles. The number of hydrogen-bond acceptors (Lipinski definition) is 2. The van der Waals surface area contributed by atoms with Gasteiger partial charge in [-0.15, -0.1) is 0 Å². The van der Waals surface area contributed by atoms with Crippen LogP contribution in [0.3, 0.4) is 0 Å². The Balaban J connectivity index is 1.86. The lowest BCUT2D eigenvalue weighted by atomic mass is 9.77. The van der Waals surface area contributed by atoms with Crippen LogP contribution in [-0.2, 0) is 0 Å². The zero-order valence-corrected chi connectivity index (χ0v) is 12.0. The SMILES string of the molecule is CCC1CCC(C(=O)c2ccnc3ccccc23)CC1. The fraction of sp³-hybridized carbons (Fsp3) is 0.444. The number of ketones is 1. The van der Waals surface area contributed by atoms with Crippen LogP contribution in [0, 0.1) is 11.8 Å². The molecule has 0 aliphatic heterocycles. The minimum absolute atomic E-state index is 0.212. The highest BCUT2D eigenvalue weighted by atomic mass is 16.1. The van der Waals surface area contributed by atoms with Crippen molar-refractivity contribution in [2.24, 2.45) is 11.8 Å². The van der Waals surface area contributed by atoms with E-state index in [0.29, 0.717) is 5.78 Å². The van der Waals surface area contributed by atoms with Crippen LogP contribution in [0.1, 0.15) is 49.4 Å². The van der Waals surface area contributed by atoms with E-state index in [1.54, 1.807) is 6.20 Å². The number of fused-ring (bicyclic) bond motifs is 1. The Morgan fingerprint density at radius 1 is 1.15 bits per heavy atom. The fourth-order valence-electron chi connectivity index (χ4n) is 3.36. The smallest absolute Gasteiger partial charge is 0.166 e. The molecule has 1 saturated carbocycles. The summed E-state index contributed by atoms with van der Waals surface area (Å²) < 4.78 is 0. The first-order chi connectivity index (χ1) is 9.79. The van der Waals surface area contributed by atoms with E-state index in [0.717, 1.165) is 35.2 Å². The average Bonchev–Trinajstić information content (AvgIpc) is 2.54. The van der Waals surface area contributed by atoms with E-state index in [1.807, 2.05) is 30.3 Å². The van der Waals surface area contributed by atoms with Gasteiger partial charge in [-0.25, -0.2) is 0 Å². The molecule has 1 aromatic heterocycles. The van der Waals surface area contributed by atoms with Gasteiger partial charge in [0.1, 0.15) is 0 Å². The first-order valence-electron chi connectivity index (χ1n) is 7.67. The largest absolute Gasteiger partial charge is 0.294 e. The topological polar surface area (TPSA) is 30.0 Å². The van der Waals surface area contributed by atoms with Crippen molar-refractivity contribution < 1.29 is 4.79 Å². The van der Waals surface area contributed by atoms with Gasteiger partial charge in [0.25, 0.3) is 0 Å². The lowest BCUT2D eigenvalue weighted by Gasteiger charge is -2.27. The predicted octanol–water partition coefficient (Wildman–Crippen LogP) is 4.63. The highest BCUT2D eigenvalue weighted by molar-refractivity contribution is 6.08. The van der Waals surface area contributed by atoms with Gasteiger partial charge in [-0.05, 0) is 43.7 Å². The Morgan fingerprint density at radius 2 is 1.90 bits per heavy atom. The molecule has 3 rings (SSSR count). The molecule has 1 aliphatic carbocycles. The lowest BCUT2D eigenvalue weighted by molar-refractivity contribution is 0.0873. The van der Waals surface area contributed by atoms with Crippen LogP contribution in [-0.4, -0.2) is 10.8 Å². The van der Waals surface area contributed by atoms with E-state index in [9.17, 15) is 4.79 Å². The highest BCUT2D eigenvalue weighted by Crippen LogP contribution is 2.33. The molecule has 0 atom stereocenters. The fourth-order valence-corrected chi connectivity index (χ4v) is 3.36. The number of nitrogens with zero attached hydrogens (tertiary/aromatic N) is 1. The minimum atomic E-state index is 0.212. The maximum Gasteiger partial charge on any atom is 0.166 e. The number of benzene rings is 1. The molecule has 104 valence electrons. The first kappa shape index (κ1) is 13.3. The summed E-state index contributed by atoms with van der Waals surface area (Å²) in [6.45, 7) is 2.25. The number of hydrogen-bond donors (Lipinski definition) is 0. The molecule has 2 aromatic rings. The van der Waals surface area contributed by atoms with Gasteiger partial charge in [0.2, 0.25) is 0 Å². The number of para-hydroxylation sites is 1. The summed E-state index contributed by atoms with van der Waals surface area (Å²) in [6.07, 6.45) is 7.51. The summed E-state index contributed by atoms with van der Waals surface area (Å²) in [6, 6.07) is 9.81. The molecule has 1 aliphatic rings. The zero-order valence-electron chi connectivity index (χ0n) is 12.0. The molecule has 1 fully saturated rings. The molecule has 0 bridgehead atoms. The van der Waals surface area contributed by atoms with Gasteiger partial charge in [0.05, 0.1) is 5.52 Å². The quantitative estimate of drug-likeness (QED) is 0.759. The van der Waals surface area contributed by atoms with E-state index in [4.69, 9.17) is 0 Å². The molecule has 0 amide bonds. The molecule has 0 unspecified atom stereocenters. The molecule has 1 heterocycles. The van der Waals surface area contributed by atoms with Crippen molar-refractivity contribution in [1.29, 1.82) is 0 Å². The number of carbonyl (C=O) groups excluding carboxylic acids is 1. The van der Waals surface area contributed by atoms with E-state index >= 15 is 0 Å². The zero-order chi connectivity index (χ0) is 13.9. The minimum Gasteiger partial charge on any atom is -0.294 e. The van der Waals surface area contributed by atoms with Gasteiger partial charge >= 0.3 is 0 Å². The molecular formula is C18H21NO. The second-order valence-corrected chi connectivity index (χ2v) is 5.87. The van der Waals surface area contributed by atoms with Crippen molar-refractivity contribution >= 4 is 16.7 Å². The Hall–Kier alpha value is -1.70.